The Morgan fingerprint density at radius 3 is 2.94 bits per heavy atom. The Bertz CT molecular complexity index is 498. The highest BCUT2D eigenvalue weighted by Gasteiger charge is 2.10. The SMILES string of the molecule is NCCCNc1cnoc1Cc1ccccc1Br. The molecule has 1 aromatic heterocycles. The molecular weight excluding hydrogens is 294 g/mol. The normalized spacial score (nSPS) is 10.6. The largest absolute Gasteiger partial charge is 0.381 e. The highest BCUT2D eigenvalue weighted by atomic mass is 79.9. The van der Waals surface area contributed by atoms with Gasteiger partial charge in [-0.25, -0.2) is 0 Å². The summed E-state index contributed by atoms with van der Waals surface area (Å²) in [6, 6.07) is 8.09. The minimum absolute atomic E-state index is 0.678. The van der Waals surface area contributed by atoms with Crippen LogP contribution < -0.4 is 11.1 Å². The van der Waals surface area contributed by atoms with E-state index in [1.807, 2.05) is 18.2 Å². The second kappa shape index (κ2) is 6.56. The van der Waals surface area contributed by atoms with E-state index in [9.17, 15) is 0 Å². The van der Waals surface area contributed by atoms with E-state index in [1.54, 1.807) is 6.20 Å². The molecule has 0 amide bonds. The van der Waals surface area contributed by atoms with Gasteiger partial charge < -0.3 is 15.6 Å². The monoisotopic (exact) mass is 309 g/mol. The molecule has 0 spiro atoms. The van der Waals surface area contributed by atoms with Gasteiger partial charge >= 0.3 is 0 Å². The molecule has 0 fully saturated rings. The maximum Gasteiger partial charge on any atom is 0.164 e. The molecule has 1 heterocycles. The Balaban J connectivity index is 2.05. The van der Waals surface area contributed by atoms with Crippen LogP contribution in [-0.4, -0.2) is 18.2 Å². The standard InChI is InChI=1S/C13H16BrN3O/c14-11-5-2-1-4-10(11)8-13-12(9-17-18-13)16-7-3-6-15/h1-2,4-5,9,16H,3,6-8,15H2. The van der Waals surface area contributed by atoms with E-state index in [2.05, 4.69) is 32.5 Å². The molecule has 0 saturated carbocycles. The van der Waals surface area contributed by atoms with Crippen molar-refractivity contribution >= 4 is 21.6 Å². The summed E-state index contributed by atoms with van der Waals surface area (Å²) in [6.07, 6.45) is 3.36. The lowest BCUT2D eigenvalue weighted by Gasteiger charge is -2.05. The van der Waals surface area contributed by atoms with Gasteiger partial charge in [0.2, 0.25) is 0 Å². The van der Waals surface area contributed by atoms with Crippen molar-refractivity contribution in [2.24, 2.45) is 5.73 Å². The van der Waals surface area contributed by atoms with Gasteiger partial charge in [-0.1, -0.05) is 39.3 Å². The Hall–Kier alpha value is -1.33. The Morgan fingerprint density at radius 1 is 1.33 bits per heavy atom. The summed E-state index contributed by atoms with van der Waals surface area (Å²) < 4.78 is 6.37. The molecule has 0 unspecified atom stereocenters. The first-order valence-corrected chi connectivity index (χ1v) is 6.71. The number of anilines is 1. The first-order valence-electron chi connectivity index (χ1n) is 5.92. The van der Waals surface area contributed by atoms with Crippen molar-refractivity contribution in [3.05, 3.63) is 46.3 Å². The number of nitrogens with two attached hydrogens (primary N) is 1. The molecule has 4 nitrogen and oxygen atoms in total. The lowest BCUT2D eigenvalue weighted by molar-refractivity contribution is 0.390. The molecule has 0 radical (unpaired) electrons. The third-order valence-electron chi connectivity index (χ3n) is 2.65. The summed E-state index contributed by atoms with van der Waals surface area (Å²) in [4.78, 5) is 0. The number of rotatable bonds is 6. The van der Waals surface area contributed by atoms with E-state index in [4.69, 9.17) is 10.3 Å². The summed E-state index contributed by atoms with van der Waals surface area (Å²) in [6.45, 7) is 1.51. The van der Waals surface area contributed by atoms with Crippen LogP contribution in [0.2, 0.25) is 0 Å². The molecule has 0 aliphatic rings. The van der Waals surface area contributed by atoms with E-state index in [0.717, 1.165) is 28.9 Å². The number of benzene rings is 1. The van der Waals surface area contributed by atoms with E-state index in [-0.39, 0.29) is 0 Å². The van der Waals surface area contributed by atoms with Crippen molar-refractivity contribution in [3.8, 4) is 0 Å². The van der Waals surface area contributed by atoms with Gasteiger partial charge in [0, 0.05) is 17.4 Å². The van der Waals surface area contributed by atoms with Crippen molar-refractivity contribution in [2.75, 3.05) is 18.4 Å². The maximum atomic E-state index is 5.46. The summed E-state index contributed by atoms with van der Waals surface area (Å²) in [5.41, 5.74) is 7.58. The Kier molecular flexibility index (Phi) is 4.78. The molecule has 2 rings (SSSR count). The molecule has 2 aromatic rings. The molecule has 3 N–H and O–H groups in total. The summed E-state index contributed by atoms with van der Waals surface area (Å²) in [5, 5.41) is 7.12. The minimum Gasteiger partial charge on any atom is -0.381 e. The van der Waals surface area contributed by atoms with E-state index < -0.39 is 0 Å². The maximum absolute atomic E-state index is 5.46. The number of halogens is 1. The Morgan fingerprint density at radius 2 is 2.17 bits per heavy atom. The van der Waals surface area contributed by atoms with Crippen molar-refractivity contribution in [1.29, 1.82) is 0 Å². The summed E-state index contributed by atoms with van der Waals surface area (Å²) in [7, 11) is 0. The average molecular weight is 310 g/mol. The van der Waals surface area contributed by atoms with Crippen LogP contribution in [0.4, 0.5) is 5.69 Å². The van der Waals surface area contributed by atoms with E-state index in [0.29, 0.717) is 13.0 Å². The van der Waals surface area contributed by atoms with Crippen LogP contribution in [0.15, 0.2) is 39.5 Å². The van der Waals surface area contributed by atoms with Crippen LogP contribution in [0, 0.1) is 0 Å². The number of nitrogens with one attached hydrogen (secondary N) is 1. The second-order valence-corrected chi connectivity index (χ2v) is 4.85. The van der Waals surface area contributed by atoms with Gasteiger partial charge in [0.25, 0.3) is 0 Å². The van der Waals surface area contributed by atoms with Gasteiger partial charge in [0.15, 0.2) is 5.76 Å². The zero-order valence-electron chi connectivity index (χ0n) is 10.0. The molecule has 0 saturated heterocycles. The first kappa shape index (κ1) is 13.1. The van der Waals surface area contributed by atoms with Gasteiger partial charge in [-0.2, -0.15) is 0 Å². The highest BCUT2D eigenvalue weighted by Crippen LogP contribution is 2.23. The second-order valence-electron chi connectivity index (χ2n) is 4.00. The molecule has 0 aliphatic carbocycles. The van der Waals surface area contributed by atoms with Crippen LogP contribution in [0.5, 0.6) is 0 Å². The third kappa shape index (κ3) is 3.34. The number of nitrogens with zero attached hydrogens (tertiary/aromatic N) is 1. The average Bonchev–Trinajstić information content (AvgIpc) is 2.80. The fourth-order valence-corrected chi connectivity index (χ4v) is 2.10. The fraction of sp³-hybridized carbons (Fsp3) is 0.308. The van der Waals surface area contributed by atoms with Gasteiger partial charge in [0.05, 0.1) is 11.9 Å². The lowest BCUT2D eigenvalue weighted by Crippen LogP contribution is -2.09. The molecule has 0 aliphatic heterocycles. The zero-order valence-corrected chi connectivity index (χ0v) is 11.6. The van der Waals surface area contributed by atoms with Crippen LogP contribution in [-0.2, 0) is 6.42 Å². The van der Waals surface area contributed by atoms with Gasteiger partial charge in [-0.05, 0) is 24.6 Å². The summed E-state index contributed by atoms with van der Waals surface area (Å²) >= 11 is 3.53. The molecule has 0 bridgehead atoms. The van der Waals surface area contributed by atoms with E-state index in [1.165, 1.54) is 5.56 Å². The summed E-state index contributed by atoms with van der Waals surface area (Å²) in [5.74, 6) is 0.846. The smallest absolute Gasteiger partial charge is 0.164 e. The predicted octanol–water partition coefficient (Wildman–Crippen LogP) is 2.79. The molecule has 18 heavy (non-hydrogen) atoms. The van der Waals surface area contributed by atoms with Gasteiger partial charge in [-0.15, -0.1) is 0 Å². The van der Waals surface area contributed by atoms with Gasteiger partial charge in [-0.3, -0.25) is 0 Å². The van der Waals surface area contributed by atoms with Crippen LogP contribution in [0.25, 0.3) is 0 Å². The first-order chi connectivity index (χ1) is 8.81. The zero-order chi connectivity index (χ0) is 12.8. The molecule has 1 aromatic carbocycles. The van der Waals surface area contributed by atoms with Crippen molar-refractivity contribution < 1.29 is 4.52 Å². The highest BCUT2D eigenvalue weighted by molar-refractivity contribution is 9.10. The van der Waals surface area contributed by atoms with Gasteiger partial charge in [0.1, 0.15) is 0 Å². The number of hydrogen-bond donors (Lipinski definition) is 2. The molecular formula is C13H16BrN3O. The number of hydrogen-bond acceptors (Lipinski definition) is 4. The van der Waals surface area contributed by atoms with E-state index >= 15 is 0 Å². The fourth-order valence-electron chi connectivity index (χ4n) is 1.68. The topological polar surface area (TPSA) is 64.1 Å². The van der Waals surface area contributed by atoms with Crippen molar-refractivity contribution in [1.82, 2.24) is 5.16 Å². The lowest BCUT2D eigenvalue weighted by atomic mass is 10.1. The van der Waals surface area contributed by atoms with Crippen molar-refractivity contribution in [2.45, 2.75) is 12.8 Å². The molecule has 0 atom stereocenters. The number of aromatic nitrogens is 1. The quantitative estimate of drug-likeness (QED) is 0.805. The van der Waals surface area contributed by atoms with Crippen LogP contribution in [0.3, 0.4) is 0 Å². The van der Waals surface area contributed by atoms with Crippen LogP contribution in [0.1, 0.15) is 17.7 Å². The van der Waals surface area contributed by atoms with Crippen LogP contribution >= 0.6 is 15.9 Å². The third-order valence-corrected chi connectivity index (χ3v) is 3.42. The molecule has 96 valence electrons. The minimum atomic E-state index is 0.678. The Labute approximate surface area is 115 Å². The van der Waals surface area contributed by atoms with Crippen molar-refractivity contribution in [3.63, 3.8) is 0 Å². The molecule has 5 heteroatoms. The predicted molar refractivity (Wildman–Crippen MR) is 75.6 cm³/mol.